The topological polar surface area (TPSA) is 24.5 Å². The third-order valence-corrected chi connectivity index (χ3v) is 3.57. The third kappa shape index (κ3) is 2.39. The summed E-state index contributed by atoms with van der Waals surface area (Å²) in [7, 11) is 3.91. The van der Waals surface area contributed by atoms with Gasteiger partial charge in [0.15, 0.2) is 0 Å². The minimum absolute atomic E-state index is 0.574. The first-order chi connectivity index (χ1) is 8.13. The minimum atomic E-state index is 0.574. The Labute approximate surface area is 104 Å². The Morgan fingerprint density at radius 3 is 2.71 bits per heavy atom. The smallest absolute Gasteiger partial charge is 0.145 e. The highest BCUT2D eigenvalue weighted by molar-refractivity contribution is 5.63. The maximum absolute atomic E-state index is 5.55. The molecule has 1 atom stereocenters. The van der Waals surface area contributed by atoms with Gasteiger partial charge in [0.1, 0.15) is 5.75 Å². The maximum atomic E-state index is 5.55. The van der Waals surface area contributed by atoms with E-state index < -0.39 is 0 Å². The summed E-state index contributed by atoms with van der Waals surface area (Å²) in [5.74, 6) is 1.00. The van der Waals surface area contributed by atoms with E-state index in [0.29, 0.717) is 6.04 Å². The average Bonchev–Trinajstić information content (AvgIpc) is 2.80. The van der Waals surface area contributed by atoms with Gasteiger partial charge in [0.2, 0.25) is 0 Å². The van der Waals surface area contributed by atoms with Gasteiger partial charge in [-0.2, -0.15) is 0 Å². The van der Waals surface area contributed by atoms with Crippen LogP contribution in [-0.2, 0) is 0 Å². The lowest BCUT2D eigenvalue weighted by Gasteiger charge is -2.28. The van der Waals surface area contributed by atoms with E-state index in [9.17, 15) is 0 Å². The molecule has 0 bridgehead atoms. The molecule has 1 heterocycles. The number of nitrogens with zero attached hydrogens (tertiary/aromatic N) is 1. The number of aryl methyl sites for hydroxylation is 2. The number of likely N-dealkylation sites (N-methyl/N-ethyl adjacent to an activating group) is 1. The zero-order valence-corrected chi connectivity index (χ0v) is 11.2. The third-order valence-electron chi connectivity index (χ3n) is 3.57. The fourth-order valence-electron chi connectivity index (χ4n) is 2.63. The molecule has 1 N–H and O–H groups in total. The quantitative estimate of drug-likeness (QED) is 0.867. The largest absolute Gasteiger partial charge is 0.494 e. The predicted octanol–water partition coefficient (Wildman–Crippen LogP) is 2.11. The molecule has 0 radical (unpaired) electrons. The molecule has 3 nitrogen and oxygen atoms in total. The fraction of sp³-hybridized carbons (Fsp3) is 0.571. The molecule has 0 amide bonds. The molecule has 1 aliphatic rings. The molecule has 2 rings (SSSR count). The molecule has 1 aliphatic heterocycles. The van der Waals surface area contributed by atoms with E-state index in [1.54, 1.807) is 7.11 Å². The molecule has 0 aromatic heterocycles. The molecule has 17 heavy (non-hydrogen) atoms. The molecule has 3 heteroatoms. The summed E-state index contributed by atoms with van der Waals surface area (Å²) in [6.45, 7) is 6.42. The van der Waals surface area contributed by atoms with Crippen molar-refractivity contribution in [3.05, 3.63) is 23.3 Å². The van der Waals surface area contributed by atoms with Crippen LogP contribution in [0.15, 0.2) is 12.1 Å². The number of benzene rings is 1. The zero-order valence-electron chi connectivity index (χ0n) is 11.2. The van der Waals surface area contributed by atoms with Gasteiger partial charge in [-0.05, 0) is 44.0 Å². The Kier molecular flexibility index (Phi) is 3.57. The number of hydrogen-bond donors (Lipinski definition) is 1. The number of rotatable bonds is 3. The van der Waals surface area contributed by atoms with Crippen molar-refractivity contribution < 1.29 is 4.74 Å². The summed E-state index contributed by atoms with van der Waals surface area (Å²) in [6.07, 6.45) is 1.20. The van der Waals surface area contributed by atoms with E-state index in [2.05, 4.69) is 43.2 Å². The first-order valence-corrected chi connectivity index (χ1v) is 6.22. The molecule has 1 aromatic carbocycles. The van der Waals surface area contributed by atoms with Crippen LogP contribution in [0.4, 0.5) is 5.69 Å². The SMILES string of the molecule is COc1c(C)cc(C)cc1N(C)C1CCNC1. The number of anilines is 1. The van der Waals surface area contributed by atoms with E-state index in [4.69, 9.17) is 4.74 Å². The van der Waals surface area contributed by atoms with Gasteiger partial charge < -0.3 is 15.0 Å². The standard InChI is InChI=1S/C14H22N2O/c1-10-7-11(2)14(17-4)13(8-10)16(3)12-5-6-15-9-12/h7-8,12,15H,5-6,9H2,1-4H3. The average molecular weight is 234 g/mol. The van der Waals surface area contributed by atoms with Crippen LogP contribution < -0.4 is 15.0 Å². The highest BCUT2D eigenvalue weighted by Crippen LogP contribution is 2.34. The van der Waals surface area contributed by atoms with Crippen molar-refractivity contribution in [2.24, 2.45) is 0 Å². The minimum Gasteiger partial charge on any atom is -0.494 e. The Hall–Kier alpha value is -1.22. The molecule has 1 aromatic rings. The van der Waals surface area contributed by atoms with Crippen molar-refractivity contribution in [1.82, 2.24) is 5.32 Å². The Morgan fingerprint density at radius 1 is 1.35 bits per heavy atom. The normalized spacial score (nSPS) is 19.4. The van der Waals surface area contributed by atoms with Gasteiger partial charge in [-0.15, -0.1) is 0 Å². The summed E-state index contributed by atoms with van der Waals surface area (Å²) >= 11 is 0. The highest BCUT2D eigenvalue weighted by atomic mass is 16.5. The summed E-state index contributed by atoms with van der Waals surface area (Å²) in [5, 5.41) is 3.41. The summed E-state index contributed by atoms with van der Waals surface area (Å²) in [5.41, 5.74) is 3.70. The molecule has 0 spiro atoms. The van der Waals surface area contributed by atoms with E-state index >= 15 is 0 Å². The molecule has 1 fully saturated rings. The summed E-state index contributed by atoms with van der Waals surface area (Å²) in [6, 6.07) is 4.96. The van der Waals surface area contributed by atoms with Crippen molar-refractivity contribution in [3.8, 4) is 5.75 Å². The van der Waals surface area contributed by atoms with Crippen LogP contribution in [0, 0.1) is 13.8 Å². The first-order valence-electron chi connectivity index (χ1n) is 6.22. The molecule has 1 unspecified atom stereocenters. The maximum Gasteiger partial charge on any atom is 0.145 e. The molecular weight excluding hydrogens is 212 g/mol. The summed E-state index contributed by atoms with van der Waals surface area (Å²) in [4.78, 5) is 2.35. The zero-order chi connectivity index (χ0) is 12.4. The Bertz CT molecular complexity index is 397. The van der Waals surface area contributed by atoms with Gasteiger partial charge in [-0.25, -0.2) is 0 Å². The molecule has 0 aliphatic carbocycles. The van der Waals surface area contributed by atoms with Crippen molar-refractivity contribution in [1.29, 1.82) is 0 Å². The highest BCUT2D eigenvalue weighted by Gasteiger charge is 2.22. The van der Waals surface area contributed by atoms with E-state index in [1.807, 2.05) is 0 Å². The molecular formula is C14H22N2O. The van der Waals surface area contributed by atoms with Crippen LogP contribution in [0.3, 0.4) is 0 Å². The van der Waals surface area contributed by atoms with Crippen molar-refractivity contribution in [2.45, 2.75) is 26.3 Å². The first kappa shape index (κ1) is 12.2. The van der Waals surface area contributed by atoms with Crippen molar-refractivity contribution in [2.75, 3.05) is 32.1 Å². The van der Waals surface area contributed by atoms with Gasteiger partial charge in [0.25, 0.3) is 0 Å². The van der Waals surface area contributed by atoms with Crippen molar-refractivity contribution >= 4 is 5.69 Å². The van der Waals surface area contributed by atoms with E-state index in [1.165, 1.54) is 23.2 Å². The number of hydrogen-bond acceptors (Lipinski definition) is 3. The van der Waals surface area contributed by atoms with Gasteiger partial charge >= 0.3 is 0 Å². The van der Waals surface area contributed by atoms with Gasteiger partial charge in [0, 0.05) is 19.6 Å². The second-order valence-electron chi connectivity index (χ2n) is 4.89. The predicted molar refractivity (Wildman–Crippen MR) is 72.1 cm³/mol. The van der Waals surface area contributed by atoms with Crippen LogP contribution in [0.1, 0.15) is 17.5 Å². The molecule has 1 saturated heterocycles. The van der Waals surface area contributed by atoms with Gasteiger partial charge in [-0.1, -0.05) is 6.07 Å². The van der Waals surface area contributed by atoms with Crippen LogP contribution >= 0.6 is 0 Å². The number of methoxy groups -OCH3 is 1. The lowest BCUT2D eigenvalue weighted by molar-refractivity contribution is 0.410. The number of nitrogens with one attached hydrogen (secondary N) is 1. The van der Waals surface area contributed by atoms with Gasteiger partial charge in [-0.3, -0.25) is 0 Å². The second-order valence-corrected chi connectivity index (χ2v) is 4.89. The van der Waals surface area contributed by atoms with Gasteiger partial charge in [0.05, 0.1) is 12.8 Å². The lowest BCUT2D eigenvalue weighted by atomic mass is 10.1. The second kappa shape index (κ2) is 4.96. The Balaban J connectivity index is 2.35. The van der Waals surface area contributed by atoms with Crippen LogP contribution in [-0.4, -0.2) is 33.3 Å². The van der Waals surface area contributed by atoms with Crippen molar-refractivity contribution in [3.63, 3.8) is 0 Å². The molecule has 0 saturated carbocycles. The van der Waals surface area contributed by atoms with Crippen LogP contribution in [0.5, 0.6) is 5.75 Å². The summed E-state index contributed by atoms with van der Waals surface area (Å²) < 4.78 is 5.55. The Morgan fingerprint density at radius 2 is 2.12 bits per heavy atom. The monoisotopic (exact) mass is 234 g/mol. The fourth-order valence-corrected chi connectivity index (χ4v) is 2.63. The van der Waals surface area contributed by atoms with Crippen LogP contribution in [0.25, 0.3) is 0 Å². The number of ether oxygens (including phenoxy) is 1. The van der Waals surface area contributed by atoms with E-state index in [0.717, 1.165) is 18.8 Å². The lowest BCUT2D eigenvalue weighted by Crippen LogP contribution is -2.33. The van der Waals surface area contributed by atoms with Crippen LogP contribution in [0.2, 0.25) is 0 Å². The van der Waals surface area contributed by atoms with E-state index in [-0.39, 0.29) is 0 Å². The molecule has 94 valence electrons.